The molecule has 0 bridgehead atoms. The van der Waals surface area contributed by atoms with Gasteiger partial charge in [0, 0.05) is 33.7 Å². The predicted octanol–water partition coefficient (Wildman–Crippen LogP) is 7.01. The number of sulfonamides is 1. The zero-order valence-electron chi connectivity index (χ0n) is 17.2. The van der Waals surface area contributed by atoms with Crippen LogP contribution in [-0.4, -0.2) is 13.4 Å². The molecular weight excluding hydrogens is 477 g/mol. The van der Waals surface area contributed by atoms with Crippen molar-refractivity contribution in [2.75, 3.05) is 10.0 Å². The maximum atomic E-state index is 12.9. The number of anilines is 3. The number of hydrogen-bond donors (Lipinski definition) is 2. The molecule has 0 unspecified atom stereocenters. The van der Waals surface area contributed by atoms with Crippen molar-refractivity contribution in [2.45, 2.75) is 4.90 Å². The lowest BCUT2D eigenvalue weighted by molar-refractivity contribution is 0.601. The number of nitrogens with zero attached hydrogens (tertiary/aromatic N) is 1. The SMILES string of the molecule is Cl.O=S(=O)(Nc1ccc2ccccc2c1)c1ccc(Nc2ccnc3cc(Cl)ccc23)cc1. The van der Waals surface area contributed by atoms with Crippen molar-refractivity contribution >= 4 is 72.8 Å². The summed E-state index contributed by atoms with van der Waals surface area (Å²) in [5.74, 6) is 0. The normalized spacial score (nSPS) is 11.2. The van der Waals surface area contributed by atoms with Gasteiger partial charge in [-0.2, -0.15) is 0 Å². The molecular formula is C25H19Cl2N3O2S. The third kappa shape index (κ3) is 4.88. The average molecular weight is 496 g/mol. The number of pyridine rings is 1. The van der Waals surface area contributed by atoms with E-state index in [4.69, 9.17) is 11.6 Å². The lowest BCUT2D eigenvalue weighted by Crippen LogP contribution is -2.12. The number of nitrogens with one attached hydrogen (secondary N) is 2. The smallest absolute Gasteiger partial charge is 0.261 e. The summed E-state index contributed by atoms with van der Waals surface area (Å²) < 4.78 is 28.4. The summed E-state index contributed by atoms with van der Waals surface area (Å²) in [5.41, 5.74) is 2.92. The molecule has 0 amide bonds. The quantitative estimate of drug-likeness (QED) is 0.275. The standard InChI is InChI=1S/C25H18ClN3O2S.ClH/c26-19-6-12-23-24(13-14-27-25(23)16-19)28-20-8-10-22(11-9-20)32(30,31)29-21-7-5-17-3-1-2-4-18(17)15-21;/h1-16,29H,(H,27,28);1H. The van der Waals surface area contributed by atoms with Gasteiger partial charge in [-0.05, 0) is 71.4 Å². The molecule has 0 radical (unpaired) electrons. The van der Waals surface area contributed by atoms with Crippen LogP contribution in [-0.2, 0) is 10.0 Å². The van der Waals surface area contributed by atoms with E-state index in [-0.39, 0.29) is 17.3 Å². The molecule has 0 atom stereocenters. The molecule has 0 fully saturated rings. The molecule has 5 aromatic rings. The zero-order chi connectivity index (χ0) is 22.1. The third-order valence-electron chi connectivity index (χ3n) is 5.15. The molecule has 0 spiro atoms. The van der Waals surface area contributed by atoms with E-state index in [1.165, 1.54) is 0 Å². The van der Waals surface area contributed by atoms with Gasteiger partial charge in [0.2, 0.25) is 0 Å². The number of hydrogen-bond acceptors (Lipinski definition) is 4. The topological polar surface area (TPSA) is 71.1 Å². The largest absolute Gasteiger partial charge is 0.355 e. The monoisotopic (exact) mass is 495 g/mol. The number of rotatable bonds is 5. The maximum absolute atomic E-state index is 12.9. The molecule has 0 saturated carbocycles. The Hall–Kier alpha value is -3.32. The minimum absolute atomic E-state index is 0. The Morgan fingerprint density at radius 3 is 2.27 bits per heavy atom. The van der Waals surface area contributed by atoms with Crippen LogP contribution in [0.15, 0.2) is 102 Å². The van der Waals surface area contributed by atoms with Gasteiger partial charge < -0.3 is 5.32 Å². The van der Waals surface area contributed by atoms with Crippen LogP contribution in [0.25, 0.3) is 21.7 Å². The number of benzene rings is 4. The summed E-state index contributed by atoms with van der Waals surface area (Å²) >= 11 is 6.05. The van der Waals surface area contributed by atoms with E-state index in [0.717, 1.165) is 33.1 Å². The van der Waals surface area contributed by atoms with Gasteiger partial charge >= 0.3 is 0 Å². The van der Waals surface area contributed by atoms with Gasteiger partial charge in [0.1, 0.15) is 0 Å². The number of aromatic nitrogens is 1. The van der Waals surface area contributed by atoms with Gasteiger partial charge in [-0.3, -0.25) is 9.71 Å². The second kappa shape index (κ2) is 9.27. The summed E-state index contributed by atoms with van der Waals surface area (Å²) in [7, 11) is -3.71. The Bertz CT molecular complexity index is 1560. The van der Waals surface area contributed by atoms with Crippen LogP contribution in [0, 0.1) is 0 Å². The number of fused-ring (bicyclic) bond motifs is 2. The van der Waals surface area contributed by atoms with Gasteiger partial charge in [-0.1, -0.05) is 41.9 Å². The Balaban J connectivity index is 0.00000259. The van der Waals surface area contributed by atoms with Crippen molar-refractivity contribution in [3.05, 3.63) is 102 Å². The highest BCUT2D eigenvalue weighted by Gasteiger charge is 2.14. The highest BCUT2D eigenvalue weighted by Crippen LogP contribution is 2.28. The molecule has 0 saturated heterocycles. The third-order valence-corrected chi connectivity index (χ3v) is 6.78. The van der Waals surface area contributed by atoms with Gasteiger partial charge in [-0.15, -0.1) is 12.4 Å². The molecule has 5 rings (SSSR count). The van der Waals surface area contributed by atoms with Crippen LogP contribution >= 0.6 is 24.0 Å². The van der Waals surface area contributed by atoms with Crippen LogP contribution in [0.1, 0.15) is 0 Å². The molecule has 166 valence electrons. The molecule has 0 aliphatic heterocycles. The summed E-state index contributed by atoms with van der Waals surface area (Å²) in [6, 6.07) is 27.3. The van der Waals surface area contributed by atoms with Crippen LogP contribution < -0.4 is 10.0 Å². The van der Waals surface area contributed by atoms with Crippen molar-refractivity contribution in [1.29, 1.82) is 0 Å². The molecule has 8 heteroatoms. The predicted molar refractivity (Wildman–Crippen MR) is 138 cm³/mol. The first-order valence-corrected chi connectivity index (χ1v) is 11.8. The average Bonchev–Trinajstić information content (AvgIpc) is 2.79. The Labute approximate surface area is 202 Å². The minimum atomic E-state index is -3.71. The molecule has 2 N–H and O–H groups in total. The molecule has 4 aromatic carbocycles. The Morgan fingerprint density at radius 2 is 1.48 bits per heavy atom. The molecule has 1 heterocycles. The van der Waals surface area contributed by atoms with Crippen LogP contribution in [0.2, 0.25) is 5.02 Å². The first-order chi connectivity index (χ1) is 15.5. The van der Waals surface area contributed by atoms with Crippen molar-refractivity contribution < 1.29 is 8.42 Å². The fourth-order valence-corrected chi connectivity index (χ4v) is 4.79. The van der Waals surface area contributed by atoms with E-state index >= 15 is 0 Å². The van der Waals surface area contributed by atoms with E-state index < -0.39 is 10.0 Å². The van der Waals surface area contributed by atoms with E-state index in [1.807, 2.05) is 54.6 Å². The number of halogens is 2. The van der Waals surface area contributed by atoms with Gasteiger partial charge in [-0.25, -0.2) is 8.42 Å². The Kier molecular flexibility index (Phi) is 6.42. The van der Waals surface area contributed by atoms with Crippen molar-refractivity contribution in [3.8, 4) is 0 Å². The lowest BCUT2D eigenvalue weighted by Gasteiger charge is -2.12. The fraction of sp³-hybridized carbons (Fsp3) is 0. The van der Waals surface area contributed by atoms with Gasteiger partial charge in [0.05, 0.1) is 10.4 Å². The Morgan fingerprint density at radius 1 is 0.758 bits per heavy atom. The molecule has 0 aliphatic carbocycles. The lowest BCUT2D eigenvalue weighted by atomic mass is 10.1. The van der Waals surface area contributed by atoms with Crippen molar-refractivity contribution in [1.82, 2.24) is 4.98 Å². The van der Waals surface area contributed by atoms with Crippen molar-refractivity contribution in [3.63, 3.8) is 0 Å². The first kappa shape index (κ1) is 22.9. The highest BCUT2D eigenvalue weighted by atomic mass is 35.5. The molecule has 0 aliphatic rings. The highest BCUT2D eigenvalue weighted by molar-refractivity contribution is 7.92. The van der Waals surface area contributed by atoms with Crippen LogP contribution in [0.5, 0.6) is 0 Å². The first-order valence-electron chi connectivity index (χ1n) is 9.91. The minimum Gasteiger partial charge on any atom is -0.355 e. The molecule has 33 heavy (non-hydrogen) atoms. The van der Waals surface area contributed by atoms with Crippen molar-refractivity contribution in [2.24, 2.45) is 0 Å². The second-order valence-corrected chi connectivity index (χ2v) is 9.46. The molecule has 1 aromatic heterocycles. The van der Waals surface area contributed by atoms with Crippen LogP contribution in [0.4, 0.5) is 17.1 Å². The van der Waals surface area contributed by atoms with E-state index in [9.17, 15) is 8.42 Å². The summed E-state index contributed by atoms with van der Waals surface area (Å²) in [5, 5.41) is 6.88. The van der Waals surface area contributed by atoms with E-state index in [0.29, 0.717) is 10.7 Å². The fourth-order valence-electron chi connectivity index (χ4n) is 3.57. The van der Waals surface area contributed by atoms with Crippen LogP contribution in [0.3, 0.4) is 0 Å². The maximum Gasteiger partial charge on any atom is 0.261 e. The zero-order valence-corrected chi connectivity index (χ0v) is 19.6. The summed E-state index contributed by atoms with van der Waals surface area (Å²) in [4.78, 5) is 4.52. The summed E-state index contributed by atoms with van der Waals surface area (Å²) in [6.45, 7) is 0. The second-order valence-electron chi connectivity index (χ2n) is 7.34. The molecule has 5 nitrogen and oxygen atoms in total. The van der Waals surface area contributed by atoms with Gasteiger partial charge in [0.25, 0.3) is 10.0 Å². The van der Waals surface area contributed by atoms with Gasteiger partial charge in [0.15, 0.2) is 0 Å². The van der Waals surface area contributed by atoms with E-state index in [2.05, 4.69) is 15.0 Å². The summed E-state index contributed by atoms with van der Waals surface area (Å²) in [6.07, 6.45) is 1.70. The van der Waals surface area contributed by atoms with E-state index in [1.54, 1.807) is 42.6 Å².